The summed E-state index contributed by atoms with van der Waals surface area (Å²) >= 11 is 5.97. The third-order valence-electron chi connectivity index (χ3n) is 2.41. The van der Waals surface area contributed by atoms with Crippen molar-refractivity contribution in [3.63, 3.8) is 0 Å². The Hall–Kier alpha value is -1.81. The lowest BCUT2D eigenvalue weighted by Gasteiger charge is -2.08. The summed E-state index contributed by atoms with van der Waals surface area (Å²) in [5, 5.41) is 0.566. The number of benzene rings is 1. The van der Waals surface area contributed by atoms with Gasteiger partial charge < -0.3 is 10.5 Å². The first-order valence-electron chi connectivity index (χ1n) is 5.05. The van der Waals surface area contributed by atoms with E-state index in [1.807, 2.05) is 19.1 Å². The number of ether oxygens (including phenoxy) is 1. The standard InChI is InChI=1S/C12H12ClN3O/c1-7-6-15-12(14)16-11(7)8-3-4-9(13)10(5-8)17-2/h3-6H,1-2H3,(H2,14,15,16). The molecule has 0 saturated heterocycles. The molecule has 88 valence electrons. The van der Waals surface area contributed by atoms with Crippen LogP contribution in [0.25, 0.3) is 11.3 Å². The number of methoxy groups -OCH3 is 1. The van der Waals surface area contributed by atoms with Gasteiger partial charge in [-0.15, -0.1) is 0 Å². The van der Waals surface area contributed by atoms with Gasteiger partial charge >= 0.3 is 0 Å². The van der Waals surface area contributed by atoms with Gasteiger partial charge in [0.1, 0.15) is 5.75 Å². The van der Waals surface area contributed by atoms with Crippen molar-refractivity contribution < 1.29 is 4.74 Å². The maximum absolute atomic E-state index is 5.97. The normalized spacial score (nSPS) is 10.3. The average Bonchev–Trinajstić information content (AvgIpc) is 2.33. The van der Waals surface area contributed by atoms with E-state index in [4.69, 9.17) is 22.1 Å². The monoisotopic (exact) mass is 249 g/mol. The van der Waals surface area contributed by atoms with Gasteiger partial charge in [0.25, 0.3) is 0 Å². The van der Waals surface area contributed by atoms with Crippen LogP contribution in [0.3, 0.4) is 0 Å². The van der Waals surface area contributed by atoms with Gasteiger partial charge in [0.2, 0.25) is 5.95 Å². The number of hydrogen-bond donors (Lipinski definition) is 1. The van der Waals surface area contributed by atoms with E-state index in [-0.39, 0.29) is 5.95 Å². The summed E-state index contributed by atoms with van der Waals surface area (Å²) in [4.78, 5) is 8.15. The summed E-state index contributed by atoms with van der Waals surface area (Å²) in [5.41, 5.74) is 8.22. The second kappa shape index (κ2) is 4.59. The lowest BCUT2D eigenvalue weighted by molar-refractivity contribution is 0.415. The van der Waals surface area contributed by atoms with Crippen molar-refractivity contribution in [2.75, 3.05) is 12.8 Å². The zero-order valence-electron chi connectivity index (χ0n) is 9.57. The number of aryl methyl sites for hydroxylation is 1. The average molecular weight is 250 g/mol. The Bertz CT molecular complexity index is 557. The molecule has 1 heterocycles. The summed E-state index contributed by atoms with van der Waals surface area (Å²) in [5.74, 6) is 0.861. The molecule has 0 amide bonds. The molecule has 2 rings (SSSR count). The molecule has 1 aromatic heterocycles. The Labute approximate surface area is 104 Å². The quantitative estimate of drug-likeness (QED) is 0.889. The molecule has 0 saturated carbocycles. The molecule has 0 bridgehead atoms. The van der Waals surface area contributed by atoms with Crippen molar-refractivity contribution in [2.45, 2.75) is 6.92 Å². The van der Waals surface area contributed by atoms with E-state index < -0.39 is 0 Å². The third-order valence-corrected chi connectivity index (χ3v) is 2.73. The molecule has 0 fully saturated rings. The highest BCUT2D eigenvalue weighted by Gasteiger charge is 2.08. The van der Waals surface area contributed by atoms with Gasteiger partial charge in [-0.25, -0.2) is 9.97 Å². The lowest BCUT2D eigenvalue weighted by atomic mass is 10.1. The van der Waals surface area contributed by atoms with Gasteiger partial charge in [-0.05, 0) is 24.6 Å². The van der Waals surface area contributed by atoms with Crippen molar-refractivity contribution >= 4 is 17.5 Å². The third kappa shape index (κ3) is 2.31. The van der Waals surface area contributed by atoms with Crippen LogP contribution < -0.4 is 10.5 Å². The minimum absolute atomic E-state index is 0.250. The Morgan fingerprint density at radius 3 is 2.82 bits per heavy atom. The van der Waals surface area contributed by atoms with Crippen LogP contribution in [0, 0.1) is 6.92 Å². The summed E-state index contributed by atoms with van der Waals surface area (Å²) in [6.07, 6.45) is 1.69. The molecule has 0 aliphatic carbocycles. The summed E-state index contributed by atoms with van der Waals surface area (Å²) < 4.78 is 5.17. The Morgan fingerprint density at radius 1 is 1.35 bits per heavy atom. The number of nitrogen functional groups attached to an aromatic ring is 1. The van der Waals surface area contributed by atoms with Crippen molar-refractivity contribution in [1.82, 2.24) is 9.97 Å². The predicted octanol–water partition coefficient (Wildman–Crippen LogP) is 2.70. The maximum Gasteiger partial charge on any atom is 0.220 e. The number of aromatic nitrogens is 2. The minimum Gasteiger partial charge on any atom is -0.495 e. The molecule has 17 heavy (non-hydrogen) atoms. The van der Waals surface area contributed by atoms with Gasteiger partial charge in [0, 0.05) is 11.8 Å². The first-order chi connectivity index (χ1) is 8.11. The number of hydrogen-bond acceptors (Lipinski definition) is 4. The van der Waals surface area contributed by atoms with Crippen LogP contribution in [0.5, 0.6) is 5.75 Å². The van der Waals surface area contributed by atoms with Gasteiger partial charge in [0.15, 0.2) is 0 Å². The lowest BCUT2D eigenvalue weighted by Crippen LogP contribution is -1.98. The van der Waals surface area contributed by atoms with Crippen LogP contribution in [0.15, 0.2) is 24.4 Å². The second-order valence-corrected chi connectivity index (χ2v) is 4.02. The smallest absolute Gasteiger partial charge is 0.220 e. The Morgan fingerprint density at radius 2 is 2.12 bits per heavy atom. The van der Waals surface area contributed by atoms with Crippen LogP contribution >= 0.6 is 11.6 Å². The fraction of sp³-hybridized carbons (Fsp3) is 0.167. The number of rotatable bonds is 2. The van der Waals surface area contributed by atoms with E-state index in [1.165, 1.54) is 0 Å². The molecule has 0 radical (unpaired) electrons. The number of nitrogens with zero attached hydrogens (tertiary/aromatic N) is 2. The first-order valence-corrected chi connectivity index (χ1v) is 5.42. The Balaban J connectivity index is 2.56. The molecule has 0 atom stereocenters. The van der Waals surface area contributed by atoms with E-state index in [0.717, 1.165) is 16.8 Å². The molecule has 0 unspecified atom stereocenters. The molecule has 5 heteroatoms. The fourth-order valence-electron chi connectivity index (χ4n) is 1.56. The molecular weight excluding hydrogens is 238 g/mol. The molecule has 0 aliphatic heterocycles. The van der Waals surface area contributed by atoms with Gasteiger partial charge in [-0.3, -0.25) is 0 Å². The van der Waals surface area contributed by atoms with Crippen LogP contribution in [0.1, 0.15) is 5.56 Å². The SMILES string of the molecule is COc1cc(-c2nc(N)ncc2C)ccc1Cl. The summed E-state index contributed by atoms with van der Waals surface area (Å²) in [6, 6.07) is 5.48. The molecule has 4 nitrogen and oxygen atoms in total. The van der Waals surface area contributed by atoms with E-state index >= 15 is 0 Å². The van der Waals surface area contributed by atoms with E-state index in [1.54, 1.807) is 19.4 Å². The first kappa shape index (κ1) is 11.7. The van der Waals surface area contributed by atoms with Crippen molar-refractivity contribution in [3.8, 4) is 17.0 Å². The van der Waals surface area contributed by atoms with Crippen molar-refractivity contribution in [3.05, 3.63) is 35.0 Å². The predicted molar refractivity (Wildman–Crippen MR) is 68.2 cm³/mol. The molecular formula is C12H12ClN3O. The van der Waals surface area contributed by atoms with E-state index in [0.29, 0.717) is 10.8 Å². The molecule has 0 spiro atoms. The number of anilines is 1. The van der Waals surface area contributed by atoms with Crippen LogP contribution in [-0.2, 0) is 0 Å². The summed E-state index contributed by atoms with van der Waals surface area (Å²) in [7, 11) is 1.58. The number of nitrogens with two attached hydrogens (primary N) is 1. The fourth-order valence-corrected chi connectivity index (χ4v) is 1.75. The zero-order valence-corrected chi connectivity index (χ0v) is 10.3. The van der Waals surface area contributed by atoms with Crippen molar-refractivity contribution in [2.24, 2.45) is 0 Å². The van der Waals surface area contributed by atoms with E-state index in [9.17, 15) is 0 Å². The zero-order chi connectivity index (χ0) is 12.4. The largest absolute Gasteiger partial charge is 0.495 e. The van der Waals surface area contributed by atoms with Gasteiger partial charge in [-0.2, -0.15) is 0 Å². The van der Waals surface area contributed by atoms with Crippen LogP contribution in [0.2, 0.25) is 5.02 Å². The maximum atomic E-state index is 5.97. The highest BCUT2D eigenvalue weighted by Crippen LogP contribution is 2.30. The topological polar surface area (TPSA) is 61.0 Å². The van der Waals surface area contributed by atoms with Crippen LogP contribution in [-0.4, -0.2) is 17.1 Å². The number of halogens is 1. The molecule has 0 aliphatic rings. The van der Waals surface area contributed by atoms with Crippen molar-refractivity contribution in [1.29, 1.82) is 0 Å². The van der Waals surface area contributed by atoms with E-state index in [2.05, 4.69) is 9.97 Å². The second-order valence-electron chi connectivity index (χ2n) is 3.61. The van der Waals surface area contributed by atoms with Gasteiger partial charge in [-0.1, -0.05) is 17.7 Å². The highest BCUT2D eigenvalue weighted by molar-refractivity contribution is 6.32. The minimum atomic E-state index is 0.250. The van der Waals surface area contributed by atoms with Crippen LogP contribution in [0.4, 0.5) is 5.95 Å². The highest BCUT2D eigenvalue weighted by atomic mass is 35.5. The molecule has 2 N–H and O–H groups in total. The molecule has 1 aromatic carbocycles. The molecule has 2 aromatic rings. The summed E-state index contributed by atoms with van der Waals surface area (Å²) in [6.45, 7) is 1.93. The van der Waals surface area contributed by atoms with Gasteiger partial charge in [0.05, 0.1) is 17.8 Å². The Kier molecular flexibility index (Phi) is 3.15.